The maximum Gasteiger partial charge on any atom is 0.261 e. The van der Waals surface area contributed by atoms with Crippen molar-refractivity contribution in [2.75, 3.05) is 32.8 Å². The van der Waals surface area contributed by atoms with E-state index in [1.54, 1.807) is 12.1 Å². The van der Waals surface area contributed by atoms with Crippen molar-refractivity contribution in [3.8, 4) is 0 Å². The van der Waals surface area contributed by atoms with Crippen molar-refractivity contribution in [1.82, 2.24) is 15.1 Å². The van der Waals surface area contributed by atoms with Crippen LogP contribution in [0.15, 0.2) is 66.7 Å². The van der Waals surface area contributed by atoms with E-state index in [0.717, 1.165) is 25.0 Å². The Morgan fingerprint density at radius 2 is 1.66 bits per heavy atom. The average Bonchev–Trinajstić information content (AvgIpc) is 2.89. The fourth-order valence-corrected chi connectivity index (χ4v) is 4.89. The van der Waals surface area contributed by atoms with Crippen LogP contribution in [0.1, 0.15) is 39.1 Å². The zero-order valence-electron chi connectivity index (χ0n) is 19.6. The molecule has 1 unspecified atom stereocenters. The van der Waals surface area contributed by atoms with E-state index in [0.29, 0.717) is 36.1 Å². The summed E-state index contributed by atoms with van der Waals surface area (Å²) in [5.74, 6) is -0.698. The highest BCUT2D eigenvalue weighted by Gasteiger charge is 2.32. The second-order valence-corrected chi connectivity index (χ2v) is 9.09. The molecule has 0 bridgehead atoms. The van der Waals surface area contributed by atoms with Crippen LogP contribution in [-0.2, 0) is 16.1 Å². The monoisotopic (exact) mass is 471 g/mol. The van der Waals surface area contributed by atoms with Gasteiger partial charge in [0.15, 0.2) is 0 Å². The first-order valence-electron chi connectivity index (χ1n) is 12.1. The molecule has 0 aromatic heterocycles. The van der Waals surface area contributed by atoms with Gasteiger partial charge >= 0.3 is 0 Å². The van der Waals surface area contributed by atoms with E-state index in [2.05, 4.69) is 22.3 Å². The number of carbonyl (C=O) groups is 3. The maximum atomic E-state index is 13.0. The van der Waals surface area contributed by atoms with Crippen LogP contribution >= 0.6 is 0 Å². The Morgan fingerprint density at radius 1 is 0.943 bits per heavy atom. The fourth-order valence-electron chi connectivity index (χ4n) is 4.89. The van der Waals surface area contributed by atoms with Gasteiger partial charge in [-0.15, -0.1) is 0 Å². The van der Waals surface area contributed by atoms with Gasteiger partial charge in [0.05, 0.1) is 12.7 Å². The molecule has 1 saturated heterocycles. The zero-order valence-corrected chi connectivity index (χ0v) is 19.6. The number of imide groups is 1. The van der Waals surface area contributed by atoms with Crippen molar-refractivity contribution in [2.45, 2.75) is 25.5 Å². The van der Waals surface area contributed by atoms with Crippen LogP contribution < -0.4 is 5.32 Å². The van der Waals surface area contributed by atoms with Crippen LogP contribution in [0.3, 0.4) is 0 Å². The van der Waals surface area contributed by atoms with Gasteiger partial charge in [0.1, 0.15) is 0 Å². The molecule has 3 aromatic rings. The zero-order chi connectivity index (χ0) is 24.2. The molecule has 1 fully saturated rings. The summed E-state index contributed by atoms with van der Waals surface area (Å²) in [6, 6.07) is 21.3. The number of hydrogen-bond acceptors (Lipinski definition) is 5. The Labute approximate surface area is 204 Å². The lowest BCUT2D eigenvalue weighted by molar-refractivity contribution is -0.122. The maximum absolute atomic E-state index is 13.0. The lowest BCUT2D eigenvalue weighted by atomic mass is 9.94. The molecule has 5 rings (SSSR count). The number of morpholine rings is 1. The molecule has 2 heterocycles. The number of carbonyl (C=O) groups excluding carboxylic acids is 3. The van der Waals surface area contributed by atoms with Crippen LogP contribution in [0.4, 0.5) is 0 Å². The van der Waals surface area contributed by atoms with E-state index >= 15 is 0 Å². The van der Waals surface area contributed by atoms with E-state index < -0.39 is 0 Å². The minimum absolute atomic E-state index is 0.0568. The molecule has 0 radical (unpaired) electrons. The highest BCUT2D eigenvalue weighted by atomic mass is 16.5. The molecule has 1 atom stereocenters. The third-order valence-electron chi connectivity index (χ3n) is 6.64. The van der Waals surface area contributed by atoms with Gasteiger partial charge in [-0.1, -0.05) is 54.6 Å². The summed E-state index contributed by atoms with van der Waals surface area (Å²) in [6.45, 7) is 3.79. The highest BCUT2D eigenvalue weighted by Crippen LogP contribution is 2.30. The van der Waals surface area contributed by atoms with Gasteiger partial charge in [-0.3, -0.25) is 24.2 Å². The van der Waals surface area contributed by atoms with Crippen LogP contribution in [0.2, 0.25) is 0 Å². The Kier molecular flexibility index (Phi) is 6.88. The summed E-state index contributed by atoms with van der Waals surface area (Å²) in [7, 11) is 0. The normalized spacial score (nSPS) is 18.2. The first kappa shape index (κ1) is 23.2. The lowest BCUT2D eigenvalue weighted by Crippen LogP contribution is -2.47. The average molecular weight is 472 g/mol. The van der Waals surface area contributed by atoms with Crippen molar-refractivity contribution in [3.63, 3.8) is 0 Å². The summed E-state index contributed by atoms with van der Waals surface area (Å²) in [6.07, 6.45) is 0.592. The van der Waals surface area contributed by atoms with Crippen LogP contribution in [0, 0.1) is 0 Å². The highest BCUT2D eigenvalue weighted by molar-refractivity contribution is 6.25. The molecule has 180 valence electrons. The summed E-state index contributed by atoms with van der Waals surface area (Å²) < 4.78 is 5.83. The topological polar surface area (TPSA) is 79.0 Å². The van der Waals surface area contributed by atoms with Crippen LogP contribution in [-0.4, -0.2) is 66.4 Å². The molecule has 0 aliphatic carbocycles. The minimum atomic E-state index is -0.297. The molecule has 2 aliphatic rings. The van der Waals surface area contributed by atoms with Gasteiger partial charge in [-0.05, 0) is 29.5 Å². The first-order valence-corrected chi connectivity index (χ1v) is 12.1. The largest absolute Gasteiger partial charge is 0.374 e. The summed E-state index contributed by atoms with van der Waals surface area (Å²) in [4.78, 5) is 42.0. The van der Waals surface area contributed by atoms with Gasteiger partial charge in [0, 0.05) is 55.7 Å². The Bertz CT molecular complexity index is 1190. The van der Waals surface area contributed by atoms with E-state index in [1.807, 2.05) is 42.5 Å². The summed E-state index contributed by atoms with van der Waals surface area (Å²) in [5.41, 5.74) is 2.34. The van der Waals surface area contributed by atoms with Crippen molar-refractivity contribution >= 4 is 28.5 Å². The molecule has 3 aromatic carbocycles. The lowest BCUT2D eigenvalue weighted by Gasteiger charge is -2.33. The standard InChI is InChI=1S/C28H29N3O4/c32-25(29-17-22-19-30(15-16-35-22)18-20-7-2-1-3-8-20)13-6-14-31-27(33)23-11-4-9-21-10-5-12-24(26(21)23)28(31)34/h1-5,7-12,22H,6,13-19H2,(H,29,32). The van der Waals surface area contributed by atoms with Gasteiger partial charge in [0.25, 0.3) is 11.8 Å². The minimum Gasteiger partial charge on any atom is -0.374 e. The Balaban J connectivity index is 1.09. The Hall–Kier alpha value is -3.55. The smallest absolute Gasteiger partial charge is 0.261 e. The van der Waals surface area contributed by atoms with E-state index in [9.17, 15) is 14.4 Å². The molecule has 0 saturated carbocycles. The van der Waals surface area contributed by atoms with Gasteiger partial charge in [-0.2, -0.15) is 0 Å². The second kappa shape index (κ2) is 10.4. The van der Waals surface area contributed by atoms with E-state index in [4.69, 9.17) is 4.74 Å². The number of amides is 3. The molecule has 3 amide bonds. The number of benzene rings is 3. The first-order chi connectivity index (χ1) is 17.1. The number of ether oxygens (including phenoxy) is 1. The van der Waals surface area contributed by atoms with Crippen LogP contribution in [0.5, 0.6) is 0 Å². The van der Waals surface area contributed by atoms with Crippen molar-refractivity contribution in [1.29, 1.82) is 0 Å². The van der Waals surface area contributed by atoms with Crippen molar-refractivity contribution < 1.29 is 19.1 Å². The van der Waals surface area contributed by atoms with Crippen LogP contribution in [0.25, 0.3) is 10.8 Å². The van der Waals surface area contributed by atoms with Gasteiger partial charge in [-0.25, -0.2) is 0 Å². The van der Waals surface area contributed by atoms with Crippen molar-refractivity contribution in [3.05, 3.63) is 83.4 Å². The molecule has 2 aliphatic heterocycles. The van der Waals surface area contributed by atoms with E-state index in [1.165, 1.54) is 10.5 Å². The van der Waals surface area contributed by atoms with E-state index in [-0.39, 0.29) is 36.8 Å². The molecule has 7 nitrogen and oxygen atoms in total. The van der Waals surface area contributed by atoms with Gasteiger partial charge < -0.3 is 10.1 Å². The number of hydrogen-bond donors (Lipinski definition) is 1. The fraction of sp³-hybridized carbons (Fsp3) is 0.321. The molecule has 0 spiro atoms. The van der Waals surface area contributed by atoms with Crippen molar-refractivity contribution in [2.24, 2.45) is 0 Å². The summed E-state index contributed by atoms with van der Waals surface area (Å²) in [5, 5.41) is 4.55. The number of nitrogens with zero attached hydrogens (tertiary/aromatic N) is 2. The molecular weight excluding hydrogens is 442 g/mol. The second-order valence-electron chi connectivity index (χ2n) is 9.09. The Morgan fingerprint density at radius 3 is 2.37 bits per heavy atom. The SMILES string of the molecule is O=C(CCCN1C(=O)c2cccc3cccc(c23)C1=O)NCC1CN(Cc2ccccc2)CCO1. The molecular formula is C28H29N3O4. The predicted molar refractivity (Wildman–Crippen MR) is 133 cm³/mol. The quantitative estimate of drug-likeness (QED) is 0.511. The number of rotatable bonds is 8. The summed E-state index contributed by atoms with van der Waals surface area (Å²) >= 11 is 0. The van der Waals surface area contributed by atoms with Gasteiger partial charge in [0.2, 0.25) is 5.91 Å². The molecule has 1 N–H and O–H groups in total. The number of nitrogens with one attached hydrogen (secondary N) is 1. The third kappa shape index (κ3) is 5.11. The predicted octanol–water partition coefficient (Wildman–Crippen LogP) is 3.23. The molecule has 35 heavy (non-hydrogen) atoms. The molecule has 7 heteroatoms. The third-order valence-corrected chi connectivity index (χ3v) is 6.64.